The van der Waals surface area contributed by atoms with Gasteiger partial charge in [0, 0.05) is 6.61 Å². The number of ether oxygens (including phenoxy) is 1. The smallest absolute Gasteiger partial charge is 0.0745 e. The molecular weight excluding hydrogens is 128 g/mol. The first-order valence-corrected chi connectivity index (χ1v) is 3.64. The second-order valence-electron chi connectivity index (χ2n) is 2.35. The maximum atomic E-state index is 8.76. The zero-order valence-electron chi connectivity index (χ0n) is 6.55. The minimum Gasteiger partial charge on any atom is -0.391 e. The SMILES string of the molecule is C=CCCCOCC(C)O. The molecule has 2 heteroatoms. The largest absolute Gasteiger partial charge is 0.391 e. The molecule has 0 bridgehead atoms. The van der Waals surface area contributed by atoms with E-state index in [1.54, 1.807) is 6.92 Å². The molecule has 0 saturated carbocycles. The van der Waals surface area contributed by atoms with Crippen LogP contribution in [0.1, 0.15) is 19.8 Å². The summed E-state index contributed by atoms with van der Waals surface area (Å²) in [6.45, 7) is 6.47. The van der Waals surface area contributed by atoms with E-state index < -0.39 is 0 Å². The number of hydrogen-bond donors (Lipinski definition) is 1. The van der Waals surface area contributed by atoms with E-state index in [0.29, 0.717) is 6.61 Å². The van der Waals surface area contributed by atoms with Crippen molar-refractivity contribution in [3.05, 3.63) is 12.7 Å². The van der Waals surface area contributed by atoms with Gasteiger partial charge < -0.3 is 9.84 Å². The quantitative estimate of drug-likeness (QED) is 0.450. The molecule has 1 unspecified atom stereocenters. The molecule has 1 atom stereocenters. The van der Waals surface area contributed by atoms with Crippen LogP contribution in [0.5, 0.6) is 0 Å². The summed E-state index contributed by atoms with van der Waals surface area (Å²) < 4.78 is 5.10. The van der Waals surface area contributed by atoms with Crippen LogP contribution in [0.3, 0.4) is 0 Å². The van der Waals surface area contributed by atoms with Crippen LogP contribution in [-0.2, 0) is 4.74 Å². The summed E-state index contributed by atoms with van der Waals surface area (Å²) in [5.74, 6) is 0. The molecule has 0 amide bonds. The van der Waals surface area contributed by atoms with Crippen LogP contribution in [0.2, 0.25) is 0 Å². The molecule has 1 N–H and O–H groups in total. The molecule has 0 aliphatic rings. The van der Waals surface area contributed by atoms with Gasteiger partial charge in [-0.05, 0) is 19.8 Å². The molecule has 0 aliphatic heterocycles. The molecule has 0 rings (SSSR count). The van der Waals surface area contributed by atoms with Gasteiger partial charge in [-0.15, -0.1) is 6.58 Å². The van der Waals surface area contributed by atoms with Crippen LogP contribution in [-0.4, -0.2) is 24.4 Å². The van der Waals surface area contributed by atoms with E-state index >= 15 is 0 Å². The lowest BCUT2D eigenvalue weighted by atomic mass is 10.3. The molecule has 0 aliphatic carbocycles. The van der Waals surface area contributed by atoms with Crippen LogP contribution in [0, 0.1) is 0 Å². The number of hydrogen-bond acceptors (Lipinski definition) is 2. The van der Waals surface area contributed by atoms with Crippen molar-refractivity contribution in [2.24, 2.45) is 0 Å². The third-order valence-electron chi connectivity index (χ3n) is 1.06. The van der Waals surface area contributed by atoms with Gasteiger partial charge in [-0.2, -0.15) is 0 Å². The molecular formula is C8H16O2. The van der Waals surface area contributed by atoms with Crippen molar-refractivity contribution < 1.29 is 9.84 Å². The Bertz CT molecular complexity index is 79.3. The van der Waals surface area contributed by atoms with Gasteiger partial charge in [0.25, 0.3) is 0 Å². The van der Waals surface area contributed by atoms with Gasteiger partial charge in [-0.25, -0.2) is 0 Å². The molecule has 60 valence electrons. The van der Waals surface area contributed by atoms with Gasteiger partial charge in [0.05, 0.1) is 12.7 Å². The Morgan fingerprint density at radius 3 is 2.90 bits per heavy atom. The van der Waals surface area contributed by atoms with Gasteiger partial charge in [0.1, 0.15) is 0 Å². The van der Waals surface area contributed by atoms with Crippen molar-refractivity contribution in [1.29, 1.82) is 0 Å². The lowest BCUT2D eigenvalue weighted by molar-refractivity contribution is 0.0455. The fourth-order valence-corrected chi connectivity index (χ4v) is 0.584. The van der Waals surface area contributed by atoms with E-state index in [2.05, 4.69) is 6.58 Å². The number of allylic oxidation sites excluding steroid dienone is 1. The summed E-state index contributed by atoms with van der Waals surface area (Å²) in [6.07, 6.45) is 3.51. The summed E-state index contributed by atoms with van der Waals surface area (Å²) >= 11 is 0. The highest BCUT2D eigenvalue weighted by atomic mass is 16.5. The molecule has 0 aromatic carbocycles. The minimum absolute atomic E-state index is 0.344. The third kappa shape index (κ3) is 7.66. The van der Waals surface area contributed by atoms with Gasteiger partial charge in [-0.1, -0.05) is 6.08 Å². The van der Waals surface area contributed by atoms with E-state index in [9.17, 15) is 0 Å². The fourth-order valence-electron chi connectivity index (χ4n) is 0.584. The highest BCUT2D eigenvalue weighted by Gasteiger charge is 1.93. The Morgan fingerprint density at radius 1 is 1.70 bits per heavy atom. The first-order chi connectivity index (χ1) is 4.77. The average Bonchev–Trinajstić information content (AvgIpc) is 1.87. The van der Waals surface area contributed by atoms with Gasteiger partial charge >= 0.3 is 0 Å². The Kier molecular flexibility index (Phi) is 6.55. The number of aliphatic hydroxyl groups is 1. The summed E-state index contributed by atoms with van der Waals surface area (Å²) in [5, 5.41) is 8.76. The number of rotatable bonds is 6. The molecule has 10 heavy (non-hydrogen) atoms. The highest BCUT2D eigenvalue weighted by Crippen LogP contribution is 1.91. The average molecular weight is 144 g/mol. The van der Waals surface area contributed by atoms with Crippen molar-refractivity contribution in [3.63, 3.8) is 0 Å². The zero-order valence-corrected chi connectivity index (χ0v) is 6.55. The maximum absolute atomic E-state index is 8.76. The molecule has 0 heterocycles. The molecule has 2 nitrogen and oxygen atoms in total. The van der Waals surface area contributed by atoms with Gasteiger partial charge in [-0.3, -0.25) is 0 Å². The van der Waals surface area contributed by atoms with Crippen LogP contribution in [0.4, 0.5) is 0 Å². The lowest BCUT2D eigenvalue weighted by Crippen LogP contribution is -2.10. The monoisotopic (exact) mass is 144 g/mol. The standard InChI is InChI=1S/C8H16O2/c1-3-4-5-6-10-7-8(2)9/h3,8-9H,1,4-7H2,2H3. The molecule has 0 aromatic heterocycles. The Balaban J connectivity index is 2.83. The van der Waals surface area contributed by atoms with Crippen molar-refractivity contribution in [2.75, 3.05) is 13.2 Å². The second-order valence-corrected chi connectivity index (χ2v) is 2.35. The maximum Gasteiger partial charge on any atom is 0.0745 e. The first-order valence-electron chi connectivity index (χ1n) is 3.64. The van der Waals surface area contributed by atoms with Crippen LogP contribution in [0.25, 0.3) is 0 Å². The molecule has 0 fully saturated rings. The minimum atomic E-state index is -0.344. The zero-order chi connectivity index (χ0) is 7.82. The van der Waals surface area contributed by atoms with Gasteiger partial charge in [0.2, 0.25) is 0 Å². The van der Waals surface area contributed by atoms with E-state index in [1.165, 1.54) is 0 Å². The number of aliphatic hydroxyl groups excluding tert-OH is 1. The highest BCUT2D eigenvalue weighted by molar-refractivity contribution is 4.64. The van der Waals surface area contributed by atoms with Crippen LogP contribution in [0.15, 0.2) is 12.7 Å². The predicted molar refractivity (Wildman–Crippen MR) is 41.9 cm³/mol. The predicted octanol–water partition coefficient (Wildman–Crippen LogP) is 1.35. The third-order valence-corrected chi connectivity index (χ3v) is 1.06. The van der Waals surface area contributed by atoms with Crippen molar-refractivity contribution in [1.82, 2.24) is 0 Å². The summed E-state index contributed by atoms with van der Waals surface area (Å²) in [6, 6.07) is 0. The van der Waals surface area contributed by atoms with Crippen LogP contribution < -0.4 is 0 Å². The first kappa shape index (κ1) is 9.66. The summed E-state index contributed by atoms with van der Waals surface area (Å²) in [4.78, 5) is 0. The molecule has 0 aromatic rings. The molecule has 0 radical (unpaired) electrons. The Labute approximate surface area is 62.5 Å². The molecule has 0 saturated heterocycles. The summed E-state index contributed by atoms with van der Waals surface area (Å²) in [5.41, 5.74) is 0. The Hall–Kier alpha value is -0.340. The second kappa shape index (κ2) is 6.78. The number of unbranched alkanes of at least 4 members (excludes halogenated alkanes) is 1. The Morgan fingerprint density at radius 2 is 2.40 bits per heavy atom. The van der Waals surface area contributed by atoms with Crippen LogP contribution >= 0.6 is 0 Å². The van der Waals surface area contributed by atoms with E-state index in [-0.39, 0.29) is 6.10 Å². The van der Waals surface area contributed by atoms with Gasteiger partial charge in [0.15, 0.2) is 0 Å². The van der Waals surface area contributed by atoms with E-state index in [1.807, 2.05) is 6.08 Å². The lowest BCUT2D eigenvalue weighted by Gasteiger charge is -2.04. The molecule has 0 spiro atoms. The normalized spacial score (nSPS) is 13.0. The topological polar surface area (TPSA) is 29.5 Å². The van der Waals surface area contributed by atoms with E-state index in [4.69, 9.17) is 9.84 Å². The van der Waals surface area contributed by atoms with Crippen molar-refractivity contribution in [2.45, 2.75) is 25.9 Å². The van der Waals surface area contributed by atoms with E-state index in [0.717, 1.165) is 19.4 Å². The van der Waals surface area contributed by atoms with Crippen molar-refractivity contribution in [3.8, 4) is 0 Å². The van der Waals surface area contributed by atoms with Crippen molar-refractivity contribution >= 4 is 0 Å². The fraction of sp³-hybridized carbons (Fsp3) is 0.750. The summed E-state index contributed by atoms with van der Waals surface area (Å²) in [7, 11) is 0.